The van der Waals surface area contributed by atoms with Gasteiger partial charge in [-0.25, -0.2) is 4.79 Å². The first-order valence-corrected chi connectivity index (χ1v) is 6.84. The van der Waals surface area contributed by atoms with Crippen molar-refractivity contribution in [3.8, 4) is 0 Å². The summed E-state index contributed by atoms with van der Waals surface area (Å²) in [6, 6.07) is 1.52. The molecule has 9 heteroatoms. The number of hydrogen-bond acceptors (Lipinski definition) is 5. The molecular weight excluding hydrogens is 335 g/mol. The number of benzene rings is 1. The summed E-state index contributed by atoms with van der Waals surface area (Å²) in [4.78, 5) is 11.6. The molecule has 1 aromatic carbocycles. The maximum absolute atomic E-state index is 11.6. The molecule has 0 saturated heterocycles. The van der Waals surface area contributed by atoms with Crippen molar-refractivity contribution < 1.29 is 19.6 Å². The van der Waals surface area contributed by atoms with E-state index in [-0.39, 0.29) is 6.61 Å². The SMILES string of the molecule is CB(O)N(B(C)O)c1cc2c(c(Br)c1Cl)COC2=O. The Morgan fingerprint density at radius 1 is 1.42 bits per heavy atom. The fraction of sp³-hybridized carbons (Fsp3) is 0.300. The van der Waals surface area contributed by atoms with Crippen LogP contribution in [0.1, 0.15) is 15.9 Å². The van der Waals surface area contributed by atoms with Crippen LogP contribution in [-0.4, -0.2) is 30.1 Å². The predicted octanol–water partition coefficient (Wildman–Crippen LogP) is 1.80. The highest BCUT2D eigenvalue weighted by atomic mass is 79.9. The second-order valence-corrected chi connectivity index (χ2v) is 5.47. The summed E-state index contributed by atoms with van der Waals surface area (Å²) < 4.78 is 6.79. The van der Waals surface area contributed by atoms with Crippen LogP contribution in [0.4, 0.5) is 5.69 Å². The number of nitrogens with zero attached hydrogens (tertiary/aromatic N) is 1. The minimum Gasteiger partial charge on any atom is -0.457 e. The van der Waals surface area contributed by atoms with Crippen molar-refractivity contribution in [2.24, 2.45) is 0 Å². The largest absolute Gasteiger partial charge is 0.457 e. The number of esters is 1. The van der Waals surface area contributed by atoms with E-state index in [0.29, 0.717) is 26.3 Å². The van der Waals surface area contributed by atoms with Crippen LogP contribution in [0.5, 0.6) is 0 Å². The van der Waals surface area contributed by atoms with E-state index in [1.807, 2.05) is 0 Å². The van der Waals surface area contributed by atoms with Gasteiger partial charge in [0.1, 0.15) is 6.61 Å². The smallest absolute Gasteiger partial charge is 0.398 e. The molecule has 0 atom stereocenters. The van der Waals surface area contributed by atoms with Crippen molar-refractivity contribution in [2.45, 2.75) is 20.3 Å². The molecule has 0 spiro atoms. The molecule has 0 unspecified atom stereocenters. The number of cyclic esters (lactones) is 1. The maximum Gasteiger partial charge on any atom is 0.398 e. The molecule has 0 aromatic heterocycles. The molecule has 2 N–H and O–H groups in total. The predicted molar refractivity (Wildman–Crippen MR) is 78.4 cm³/mol. The van der Waals surface area contributed by atoms with Crippen molar-refractivity contribution in [3.05, 3.63) is 26.7 Å². The monoisotopic (exact) mass is 345 g/mol. The van der Waals surface area contributed by atoms with E-state index < -0.39 is 20.1 Å². The van der Waals surface area contributed by atoms with Crippen molar-refractivity contribution in [2.75, 3.05) is 4.72 Å². The number of carbonyl (C=O) groups is 1. The molecule has 0 amide bonds. The number of hydrogen-bond donors (Lipinski definition) is 2. The Labute approximate surface area is 124 Å². The van der Waals surface area contributed by atoms with Crippen LogP contribution in [-0.2, 0) is 11.3 Å². The summed E-state index contributed by atoms with van der Waals surface area (Å²) in [7, 11) is -1.92. The Balaban J connectivity index is 2.61. The number of rotatable bonds is 3. The summed E-state index contributed by atoms with van der Waals surface area (Å²) in [6.07, 6.45) is 0. The summed E-state index contributed by atoms with van der Waals surface area (Å²) in [6.45, 7) is 3.17. The highest BCUT2D eigenvalue weighted by Gasteiger charge is 2.32. The van der Waals surface area contributed by atoms with E-state index in [2.05, 4.69) is 15.9 Å². The van der Waals surface area contributed by atoms with E-state index in [1.165, 1.54) is 24.4 Å². The lowest BCUT2D eigenvalue weighted by Gasteiger charge is -2.28. The minimum absolute atomic E-state index is 0.165. The summed E-state index contributed by atoms with van der Waals surface area (Å²) in [5.41, 5.74) is 1.43. The lowest BCUT2D eigenvalue weighted by atomic mass is 9.68. The Hall–Kier alpha value is -0.690. The first-order chi connectivity index (χ1) is 8.84. The lowest BCUT2D eigenvalue weighted by molar-refractivity contribution is 0.0535. The van der Waals surface area contributed by atoms with Crippen molar-refractivity contribution in [1.82, 2.24) is 0 Å². The van der Waals surface area contributed by atoms with E-state index >= 15 is 0 Å². The van der Waals surface area contributed by atoms with Crippen LogP contribution in [0.25, 0.3) is 0 Å². The number of fused-ring (bicyclic) bond motifs is 1. The summed E-state index contributed by atoms with van der Waals surface area (Å²) in [5, 5.41) is 19.8. The highest BCUT2D eigenvalue weighted by molar-refractivity contribution is 9.10. The molecule has 0 fully saturated rings. The van der Waals surface area contributed by atoms with Gasteiger partial charge in [-0.3, -0.25) is 0 Å². The van der Waals surface area contributed by atoms with E-state index in [1.54, 1.807) is 0 Å². The second-order valence-electron chi connectivity index (χ2n) is 4.30. The van der Waals surface area contributed by atoms with Crippen LogP contribution < -0.4 is 4.72 Å². The fourth-order valence-corrected chi connectivity index (χ4v) is 2.89. The molecular formula is C10H11B2BrClNO4. The average Bonchev–Trinajstić information content (AvgIpc) is 2.67. The van der Waals surface area contributed by atoms with Gasteiger partial charge in [0.15, 0.2) is 0 Å². The van der Waals surface area contributed by atoms with E-state index in [4.69, 9.17) is 16.3 Å². The number of anilines is 1. The fourth-order valence-electron chi connectivity index (χ4n) is 2.09. The highest BCUT2D eigenvalue weighted by Crippen LogP contribution is 2.40. The van der Waals surface area contributed by atoms with Crippen LogP contribution in [0.3, 0.4) is 0 Å². The van der Waals surface area contributed by atoms with Crippen LogP contribution in [0, 0.1) is 0 Å². The first-order valence-electron chi connectivity index (χ1n) is 5.67. The molecule has 5 nitrogen and oxygen atoms in total. The molecule has 1 heterocycles. The average molecular weight is 346 g/mol. The zero-order valence-corrected chi connectivity index (χ0v) is 12.7. The van der Waals surface area contributed by atoms with Gasteiger partial charge in [-0.1, -0.05) is 11.6 Å². The Kier molecular flexibility index (Phi) is 4.15. The van der Waals surface area contributed by atoms with Gasteiger partial charge in [-0.05, 0) is 35.6 Å². The maximum atomic E-state index is 11.6. The molecule has 0 aliphatic carbocycles. The molecule has 0 bridgehead atoms. The third kappa shape index (κ3) is 2.50. The molecule has 1 aromatic rings. The lowest BCUT2D eigenvalue weighted by Crippen LogP contribution is -2.47. The first kappa shape index (κ1) is 14.7. The van der Waals surface area contributed by atoms with Crippen LogP contribution in [0.15, 0.2) is 10.5 Å². The third-order valence-electron chi connectivity index (χ3n) is 2.94. The Morgan fingerprint density at radius 2 is 2.00 bits per heavy atom. The second kappa shape index (κ2) is 5.36. The number of carbonyl (C=O) groups excluding carboxylic acids is 1. The van der Waals surface area contributed by atoms with Gasteiger partial charge in [0.25, 0.3) is 0 Å². The normalized spacial score (nSPS) is 13.1. The molecule has 1 aliphatic heterocycles. The van der Waals surface area contributed by atoms with Crippen molar-refractivity contribution in [1.29, 1.82) is 0 Å². The number of halogens is 2. The molecule has 19 heavy (non-hydrogen) atoms. The van der Waals surface area contributed by atoms with Gasteiger partial charge >= 0.3 is 20.1 Å². The van der Waals surface area contributed by atoms with Gasteiger partial charge in [-0.15, -0.1) is 0 Å². The van der Waals surface area contributed by atoms with Crippen LogP contribution in [0.2, 0.25) is 18.7 Å². The molecule has 2 rings (SSSR count). The molecule has 1 aliphatic rings. The summed E-state index contributed by atoms with van der Waals surface area (Å²) >= 11 is 9.55. The van der Waals surface area contributed by atoms with Crippen molar-refractivity contribution >= 4 is 53.3 Å². The standard InChI is InChI=1S/C10H11B2BrClNO4/c1-11(17)15(12(2)18)7-3-5-6(4-19-10(5)16)8(13)9(7)14/h3,17-18H,4H2,1-2H3. The quantitative estimate of drug-likeness (QED) is 0.645. The van der Waals surface area contributed by atoms with Gasteiger partial charge in [0.05, 0.1) is 10.6 Å². The zero-order chi connectivity index (χ0) is 14.3. The van der Waals surface area contributed by atoms with Crippen LogP contribution >= 0.6 is 27.5 Å². The van der Waals surface area contributed by atoms with Crippen molar-refractivity contribution in [3.63, 3.8) is 0 Å². The van der Waals surface area contributed by atoms with Gasteiger partial charge in [-0.2, -0.15) is 0 Å². The van der Waals surface area contributed by atoms with Gasteiger partial charge in [0.2, 0.25) is 0 Å². The minimum atomic E-state index is -0.958. The molecule has 0 saturated carbocycles. The molecule has 0 radical (unpaired) electrons. The van der Waals surface area contributed by atoms with Gasteiger partial charge in [0, 0.05) is 15.7 Å². The Morgan fingerprint density at radius 3 is 2.53 bits per heavy atom. The zero-order valence-electron chi connectivity index (χ0n) is 10.4. The topological polar surface area (TPSA) is 70.0 Å². The van der Waals surface area contributed by atoms with E-state index in [9.17, 15) is 14.8 Å². The third-order valence-corrected chi connectivity index (χ3v) is 4.43. The summed E-state index contributed by atoms with van der Waals surface area (Å²) in [5.74, 6) is -0.440. The van der Waals surface area contributed by atoms with Gasteiger partial charge < -0.3 is 19.5 Å². The molecule has 100 valence electrons. The van der Waals surface area contributed by atoms with E-state index in [0.717, 1.165) is 0 Å². The Bertz CT molecular complexity index is 533. The number of ether oxygens (including phenoxy) is 1.